The van der Waals surface area contributed by atoms with Crippen molar-refractivity contribution in [3.8, 4) is 5.75 Å². The van der Waals surface area contributed by atoms with Gasteiger partial charge in [-0.2, -0.15) is 0 Å². The number of halogens is 2. The van der Waals surface area contributed by atoms with Gasteiger partial charge in [-0.15, -0.1) is 11.6 Å². The number of carbonyl (C=O) groups is 1. The van der Waals surface area contributed by atoms with E-state index in [1.807, 2.05) is 6.92 Å². The fourth-order valence-corrected chi connectivity index (χ4v) is 1.93. The van der Waals surface area contributed by atoms with E-state index in [9.17, 15) is 4.79 Å². The lowest BCUT2D eigenvalue weighted by Gasteiger charge is -2.14. The van der Waals surface area contributed by atoms with Crippen LogP contribution in [0, 0.1) is 0 Å². The number of methoxy groups -OCH3 is 1. The third-order valence-corrected chi connectivity index (χ3v) is 3.06. The second-order valence-corrected chi connectivity index (χ2v) is 4.86. The van der Waals surface area contributed by atoms with Crippen LogP contribution >= 0.6 is 23.2 Å². The third-order valence-electron chi connectivity index (χ3n) is 2.56. The Hall–Kier alpha value is -0.930. The molecule has 0 saturated heterocycles. The first-order chi connectivity index (χ1) is 8.58. The highest BCUT2D eigenvalue weighted by Crippen LogP contribution is 2.23. The molecule has 1 N–H and O–H groups in total. The Labute approximate surface area is 117 Å². The fraction of sp³-hybridized carbons (Fsp3) is 0.462. The van der Waals surface area contributed by atoms with Crippen molar-refractivity contribution in [1.82, 2.24) is 5.32 Å². The van der Waals surface area contributed by atoms with Crippen molar-refractivity contribution in [2.75, 3.05) is 13.0 Å². The molecule has 18 heavy (non-hydrogen) atoms. The number of benzene rings is 1. The molecule has 0 heterocycles. The van der Waals surface area contributed by atoms with Gasteiger partial charge in [-0.05, 0) is 38.0 Å². The number of carbonyl (C=O) groups excluding carboxylic acids is 1. The zero-order chi connectivity index (χ0) is 13.5. The van der Waals surface area contributed by atoms with Crippen molar-refractivity contribution in [1.29, 1.82) is 0 Å². The molecular weight excluding hydrogens is 273 g/mol. The van der Waals surface area contributed by atoms with Crippen molar-refractivity contribution in [2.24, 2.45) is 0 Å². The number of nitrogens with one attached hydrogen (secondary N) is 1. The van der Waals surface area contributed by atoms with Crippen LogP contribution in [0.15, 0.2) is 18.2 Å². The summed E-state index contributed by atoms with van der Waals surface area (Å²) in [6.45, 7) is 1.95. The summed E-state index contributed by atoms with van der Waals surface area (Å²) in [5.74, 6) is 0.917. The number of rotatable bonds is 6. The topological polar surface area (TPSA) is 38.3 Å². The molecule has 0 spiro atoms. The van der Waals surface area contributed by atoms with Gasteiger partial charge < -0.3 is 10.1 Å². The van der Waals surface area contributed by atoms with Gasteiger partial charge in [-0.1, -0.05) is 11.6 Å². The molecule has 1 rings (SSSR count). The van der Waals surface area contributed by atoms with E-state index in [0.29, 0.717) is 22.2 Å². The maximum atomic E-state index is 12.0. The molecule has 3 nitrogen and oxygen atoms in total. The number of hydrogen-bond acceptors (Lipinski definition) is 2. The molecular formula is C13H17Cl2NO2. The SMILES string of the molecule is COc1cc(Cl)ccc1C(=O)NC(C)CCCCl. The Bertz CT molecular complexity index is 410. The second kappa shape index (κ2) is 7.49. The summed E-state index contributed by atoms with van der Waals surface area (Å²) in [6, 6.07) is 5.03. The minimum Gasteiger partial charge on any atom is -0.496 e. The maximum Gasteiger partial charge on any atom is 0.255 e. The standard InChI is InChI=1S/C13H17Cl2NO2/c1-9(4-3-7-14)16-13(17)11-6-5-10(15)8-12(11)18-2/h5-6,8-9H,3-4,7H2,1-2H3,(H,16,17). The average Bonchev–Trinajstić information content (AvgIpc) is 2.35. The van der Waals surface area contributed by atoms with E-state index in [1.54, 1.807) is 18.2 Å². The first kappa shape index (κ1) is 15.1. The molecule has 0 aliphatic rings. The van der Waals surface area contributed by atoms with Crippen LogP contribution in [0.5, 0.6) is 5.75 Å². The van der Waals surface area contributed by atoms with Crippen LogP contribution in [0.2, 0.25) is 5.02 Å². The molecule has 0 aliphatic carbocycles. The van der Waals surface area contributed by atoms with Gasteiger partial charge in [0.1, 0.15) is 5.75 Å². The van der Waals surface area contributed by atoms with Crippen molar-refractivity contribution < 1.29 is 9.53 Å². The molecule has 1 amide bonds. The smallest absolute Gasteiger partial charge is 0.255 e. The van der Waals surface area contributed by atoms with Gasteiger partial charge in [0.25, 0.3) is 5.91 Å². The van der Waals surface area contributed by atoms with Gasteiger partial charge in [0.05, 0.1) is 12.7 Å². The summed E-state index contributed by atoms with van der Waals surface area (Å²) in [5, 5.41) is 3.44. The highest BCUT2D eigenvalue weighted by atomic mass is 35.5. The lowest BCUT2D eigenvalue weighted by Crippen LogP contribution is -2.32. The van der Waals surface area contributed by atoms with E-state index in [4.69, 9.17) is 27.9 Å². The lowest BCUT2D eigenvalue weighted by molar-refractivity contribution is 0.0935. The van der Waals surface area contributed by atoms with E-state index < -0.39 is 0 Å². The number of alkyl halides is 1. The molecule has 1 aromatic carbocycles. The van der Waals surface area contributed by atoms with Crippen LogP contribution in [0.1, 0.15) is 30.1 Å². The normalized spacial score (nSPS) is 12.0. The molecule has 0 radical (unpaired) electrons. The Balaban J connectivity index is 2.72. The molecule has 0 bridgehead atoms. The summed E-state index contributed by atoms with van der Waals surface area (Å²) >= 11 is 11.5. The average molecular weight is 290 g/mol. The predicted molar refractivity (Wildman–Crippen MR) is 74.9 cm³/mol. The van der Waals surface area contributed by atoms with Crippen LogP contribution in [-0.4, -0.2) is 24.9 Å². The van der Waals surface area contributed by atoms with E-state index in [1.165, 1.54) is 7.11 Å². The van der Waals surface area contributed by atoms with Crippen molar-refractivity contribution in [3.05, 3.63) is 28.8 Å². The van der Waals surface area contributed by atoms with Crippen LogP contribution in [0.3, 0.4) is 0 Å². The molecule has 100 valence electrons. The number of amides is 1. The van der Waals surface area contributed by atoms with Crippen molar-refractivity contribution >= 4 is 29.1 Å². The van der Waals surface area contributed by atoms with E-state index >= 15 is 0 Å². The molecule has 0 aliphatic heterocycles. The summed E-state index contributed by atoms with van der Waals surface area (Å²) in [5.41, 5.74) is 0.486. The van der Waals surface area contributed by atoms with Crippen LogP contribution in [0.4, 0.5) is 0 Å². The number of hydrogen-bond donors (Lipinski definition) is 1. The Morgan fingerprint density at radius 2 is 2.22 bits per heavy atom. The Morgan fingerprint density at radius 1 is 1.50 bits per heavy atom. The van der Waals surface area contributed by atoms with Crippen LogP contribution in [-0.2, 0) is 0 Å². The van der Waals surface area contributed by atoms with Gasteiger partial charge in [0, 0.05) is 16.9 Å². The second-order valence-electron chi connectivity index (χ2n) is 4.05. The Morgan fingerprint density at radius 3 is 2.83 bits per heavy atom. The summed E-state index contributed by atoms with van der Waals surface area (Å²) in [7, 11) is 1.51. The van der Waals surface area contributed by atoms with Crippen molar-refractivity contribution in [3.63, 3.8) is 0 Å². The monoisotopic (exact) mass is 289 g/mol. The molecule has 1 atom stereocenters. The zero-order valence-corrected chi connectivity index (χ0v) is 12.0. The highest BCUT2D eigenvalue weighted by molar-refractivity contribution is 6.30. The van der Waals surface area contributed by atoms with Crippen LogP contribution in [0.25, 0.3) is 0 Å². The fourth-order valence-electron chi connectivity index (χ4n) is 1.61. The molecule has 0 saturated carbocycles. The van der Waals surface area contributed by atoms with E-state index in [2.05, 4.69) is 5.32 Å². The van der Waals surface area contributed by atoms with Gasteiger partial charge in [-0.3, -0.25) is 4.79 Å². The minimum absolute atomic E-state index is 0.0802. The molecule has 0 aromatic heterocycles. The molecule has 5 heteroatoms. The van der Waals surface area contributed by atoms with Gasteiger partial charge in [0.15, 0.2) is 0 Å². The lowest BCUT2D eigenvalue weighted by atomic mass is 10.1. The molecule has 1 aromatic rings. The van der Waals surface area contributed by atoms with Gasteiger partial charge >= 0.3 is 0 Å². The Kier molecular flexibility index (Phi) is 6.30. The summed E-state index contributed by atoms with van der Waals surface area (Å²) < 4.78 is 5.14. The molecule has 0 fully saturated rings. The van der Waals surface area contributed by atoms with Gasteiger partial charge in [-0.25, -0.2) is 0 Å². The largest absolute Gasteiger partial charge is 0.496 e. The predicted octanol–water partition coefficient (Wildman–Crippen LogP) is 3.49. The van der Waals surface area contributed by atoms with Crippen molar-refractivity contribution in [2.45, 2.75) is 25.8 Å². The zero-order valence-electron chi connectivity index (χ0n) is 10.5. The van der Waals surface area contributed by atoms with Gasteiger partial charge in [0.2, 0.25) is 0 Å². The molecule has 1 unspecified atom stereocenters. The summed E-state index contributed by atoms with van der Waals surface area (Å²) in [4.78, 5) is 12.0. The third kappa shape index (κ3) is 4.39. The van der Waals surface area contributed by atoms with Crippen LogP contribution < -0.4 is 10.1 Å². The number of ether oxygens (including phenoxy) is 1. The maximum absolute atomic E-state index is 12.0. The first-order valence-electron chi connectivity index (χ1n) is 5.79. The van der Waals surface area contributed by atoms with E-state index in [-0.39, 0.29) is 11.9 Å². The summed E-state index contributed by atoms with van der Waals surface area (Å²) in [6.07, 6.45) is 1.73. The minimum atomic E-state index is -0.161. The quantitative estimate of drug-likeness (QED) is 0.814. The highest BCUT2D eigenvalue weighted by Gasteiger charge is 2.14. The van der Waals surface area contributed by atoms with E-state index in [0.717, 1.165) is 12.8 Å². The first-order valence-corrected chi connectivity index (χ1v) is 6.70.